The zero-order valence-corrected chi connectivity index (χ0v) is 21.2. The highest BCUT2D eigenvalue weighted by atomic mass is 16.5. The molecule has 1 aliphatic carbocycles. The van der Waals surface area contributed by atoms with Gasteiger partial charge in [-0.15, -0.1) is 0 Å². The van der Waals surface area contributed by atoms with Crippen LogP contribution in [0.3, 0.4) is 0 Å². The van der Waals surface area contributed by atoms with Crippen molar-refractivity contribution in [3.63, 3.8) is 0 Å². The topological polar surface area (TPSA) is 114 Å². The van der Waals surface area contributed by atoms with Crippen molar-refractivity contribution < 1.29 is 14.2 Å². The summed E-state index contributed by atoms with van der Waals surface area (Å²) in [7, 11) is 4.89. The molecule has 0 spiro atoms. The summed E-state index contributed by atoms with van der Waals surface area (Å²) in [5.74, 6) is 2.17. The smallest absolute Gasteiger partial charge is 0.259 e. The van der Waals surface area contributed by atoms with Gasteiger partial charge in [-0.1, -0.05) is 25.7 Å². The molecule has 1 aliphatic heterocycles. The maximum atomic E-state index is 13.3. The highest BCUT2D eigenvalue weighted by molar-refractivity contribution is 5.82. The van der Waals surface area contributed by atoms with Crippen LogP contribution in [0.15, 0.2) is 35.3 Å². The van der Waals surface area contributed by atoms with Crippen LogP contribution in [0.5, 0.6) is 11.5 Å². The Hall–Kier alpha value is -3.17. The quantitative estimate of drug-likeness (QED) is 0.502. The molecule has 36 heavy (non-hydrogen) atoms. The first kappa shape index (κ1) is 24.5. The van der Waals surface area contributed by atoms with Gasteiger partial charge in [0.15, 0.2) is 0 Å². The fraction of sp³-hybridized carbons (Fsp3) is 0.519. The lowest BCUT2D eigenvalue weighted by Crippen LogP contribution is -2.45. The van der Waals surface area contributed by atoms with Gasteiger partial charge in [-0.2, -0.15) is 4.98 Å². The summed E-state index contributed by atoms with van der Waals surface area (Å²) in [6, 6.07) is 7.02. The summed E-state index contributed by atoms with van der Waals surface area (Å²) in [6.45, 7) is 0.526. The maximum absolute atomic E-state index is 13.3. The molecule has 1 aromatic carbocycles. The number of hydrogen-bond acceptors (Lipinski definition) is 8. The molecule has 2 aromatic heterocycles. The van der Waals surface area contributed by atoms with Crippen molar-refractivity contribution in [1.29, 1.82) is 0 Å². The van der Waals surface area contributed by atoms with Crippen molar-refractivity contribution in [2.24, 2.45) is 18.7 Å². The minimum Gasteiger partial charge on any atom is -0.497 e. The third-order valence-electron chi connectivity index (χ3n) is 7.57. The molecule has 1 saturated heterocycles. The van der Waals surface area contributed by atoms with Gasteiger partial charge in [-0.25, -0.2) is 4.98 Å². The van der Waals surface area contributed by atoms with Crippen molar-refractivity contribution in [3.8, 4) is 22.6 Å². The molecular formula is C27H35N5O4. The minimum absolute atomic E-state index is 0.0478. The number of methoxy groups -OCH3 is 2. The third-order valence-corrected chi connectivity index (χ3v) is 7.57. The molecule has 3 heterocycles. The first-order valence-corrected chi connectivity index (χ1v) is 12.7. The van der Waals surface area contributed by atoms with Gasteiger partial charge >= 0.3 is 0 Å². The monoisotopic (exact) mass is 493 g/mol. The lowest BCUT2D eigenvalue weighted by atomic mass is 9.88. The molecule has 192 valence electrons. The Morgan fingerprint density at radius 2 is 1.75 bits per heavy atom. The average Bonchev–Trinajstić information content (AvgIpc) is 3.08. The summed E-state index contributed by atoms with van der Waals surface area (Å²) in [5.41, 5.74) is 8.05. The predicted octanol–water partition coefficient (Wildman–Crippen LogP) is 3.49. The van der Waals surface area contributed by atoms with Crippen LogP contribution in [0.4, 0.5) is 5.95 Å². The second-order valence-electron chi connectivity index (χ2n) is 9.88. The van der Waals surface area contributed by atoms with E-state index in [1.54, 1.807) is 38.1 Å². The molecular weight excluding hydrogens is 458 g/mol. The number of nitrogens with two attached hydrogens (primary N) is 1. The van der Waals surface area contributed by atoms with Crippen LogP contribution in [-0.2, 0) is 11.8 Å². The summed E-state index contributed by atoms with van der Waals surface area (Å²) < 4.78 is 18.5. The van der Waals surface area contributed by atoms with Gasteiger partial charge in [0, 0.05) is 30.3 Å². The van der Waals surface area contributed by atoms with Gasteiger partial charge in [-0.3, -0.25) is 9.36 Å². The summed E-state index contributed by atoms with van der Waals surface area (Å²) >= 11 is 0. The van der Waals surface area contributed by atoms with Crippen molar-refractivity contribution in [3.05, 3.63) is 40.8 Å². The third kappa shape index (κ3) is 4.77. The normalized spacial score (nSPS) is 22.9. The first-order chi connectivity index (χ1) is 17.5. The Labute approximate surface area is 211 Å². The second-order valence-corrected chi connectivity index (χ2v) is 9.88. The van der Waals surface area contributed by atoms with E-state index in [0.717, 1.165) is 5.39 Å². The molecule has 5 rings (SSSR count). The molecule has 9 heteroatoms. The van der Waals surface area contributed by atoms with Crippen LogP contribution in [0.25, 0.3) is 22.2 Å². The highest BCUT2D eigenvalue weighted by Crippen LogP contribution is 2.33. The molecule has 3 N–H and O–H groups in total. The SMILES string of the molecule is COc1cc(OC)cc(-c2cc3cnc(N[C@@H]4C(C5CCCCCC5)OC[C@@H]4N)nc3n(C)c2=O)c1. The summed E-state index contributed by atoms with van der Waals surface area (Å²) in [6.07, 6.45) is 9.19. The van der Waals surface area contributed by atoms with Gasteiger partial charge < -0.3 is 25.3 Å². The summed E-state index contributed by atoms with van der Waals surface area (Å²) in [5, 5.41) is 4.21. The van der Waals surface area contributed by atoms with Crippen LogP contribution in [0, 0.1) is 5.92 Å². The van der Waals surface area contributed by atoms with Gasteiger partial charge in [-0.05, 0) is 42.5 Å². The molecule has 0 radical (unpaired) electrons. The van der Waals surface area contributed by atoms with Crippen molar-refractivity contribution in [2.75, 3.05) is 26.1 Å². The molecule has 1 unspecified atom stereocenters. The van der Waals surface area contributed by atoms with Gasteiger partial charge in [0.1, 0.15) is 17.1 Å². The number of nitrogens with zero attached hydrogens (tertiary/aromatic N) is 3. The van der Waals surface area contributed by atoms with E-state index >= 15 is 0 Å². The number of aromatic nitrogens is 3. The number of nitrogens with one attached hydrogen (secondary N) is 1. The van der Waals surface area contributed by atoms with Crippen molar-refractivity contribution >= 4 is 17.0 Å². The molecule has 0 amide bonds. The number of aryl methyl sites for hydroxylation is 1. The lowest BCUT2D eigenvalue weighted by molar-refractivity contribution is 0.0520. The molecule has 2 aliphatic rings. The Morgan fingerprint density at radius 1 is 1.06 bits per heavy atom. The fourth-order valence-corrected chi connectivity index (χ4v) is 5.57. The number of ether oxygens (including phenoxy) is 3. The largest absolute Gasteiger partial charge is 0.497 e. The fourth-order valence-electron chi connectivity index (χ4n) is 5.57. The Balaban J connectivity index is 1.46. The minimum atomic E-state index is -0.167. The van der Waals surface area contributed by atoms with Crippen LogP contribution >= 0.6 is 0 Å². The number of fused-ring (bicyclic) bond motifs is 1. The van der Waals surface area contributed by atoms with Crippen LogP contribution < -0.4 is 26.1 Å². The standard InChI is InChI=1S/C27H35N5O4/c1-32-25-18(12-21(26(32)33)17-10-19(34-2)13-20(11-17)35-3)14-29-27(31-25)30-23-22(28)15-36-24(23)16-8-6-4-5-7-9-16/h10-14,16,22-24H,4-9,15,28H2,1-3H3,(H,29,30,31)/t22-,23-,24?/m0/s1. The number of anilines is 1. The number of benzene rings is 1. The lowest BCUT2D eigenvalue weighted by Gasteiger charge is -2.28. The Bertz CT molecular complexity index is 1260. The average molecular weight is 494 g/mol. The van der Waals surface area contributed by atoms with E-state index in [9.17, 15) is 4.79 Å². The van der Waals surface area contributed by atoms with Crippen molar-refractivity contribution in [1.82, 2.24) is 14.5 Å². The van der Waals surface area contributed by atoms with Crippen LogP contribution in [0.2, 0.25) is 0 Å². The van der Waals surface area contributed by atoms with Crippen molar-refractivity contribution in [2.45, 2.75) is 56.7 Å². The zero-order valence-electron chi connectivity index (χ0n) is 21.2. The van der Waals surface area contributed by atoms with Gasteiger partial charge in [0.2, 0.25) is 5.95 Å². The Kier molecular flexibility index (Phi) is 7.11. The molecule has 3 aromatic rings. The number of hydrogen-bond donors (Lipinski definition) is 2. The number of pyridine rings is 1. The first-order valence-electron chi connectivity index (χ1n) is 12.7. The van der Waals surface area contributed by atoms with E-state index in [4.69, 9.17) is 24.9 Å². The number of rotatable bonds is 6. The molecule has 2 fully saturated rings. The Morgan fingerprint density at radius 3 is 2.42 bits per heavy atom. The summed E-state index contributed by atoms with van der Waals surface area (Å²) in [4.78, 5) is 22.6. The molecule has 1 saturated carbocycles. The molecule has 0 bridgehead atoms. The van der Waals surface area contributed by atoms with Crippen LogP contribution in [-0.4, -0.2) is 53.5 Å². The molecule has 3 atom stereocenters. The van der Waals surface area contributed by atoms with E-state index in [2.05, 4.69) is 10.3 Å². The van der Waals surface area contributed by atoms with E-state index in [0.29, 0.717) is 46.7 Å². The maximum Gasteiger partial charge on any atom is 0.259 e. The zero-order chi connectivity index (χ0) is 25.2. The van der Waals surface area contributed by atoms with E-state index in [1.165, 1.54) is 38.5 Å². The van der Waals surface area contributed by atoms with Crippen LogP contribution in [0.1, 0.15) is 38.5 Å². The van der Waals surface area contributed by atoms with E-state index < -0.39 is 0 Å². The van der Waals surface area contributed by atoms with E-state index in [-0.39, 0.29) is 23.7 Å². The highest BCUT2D eigenvalue weighted by Gasteiger charge is 2.40. The second kappa shape index (κ2) is 10.4. The molecule has 9 nitrogen and oxygen atoms in total. The van der Waals surface area contributed by atoms with E-state index in [1.807, 2.05) is 18.2 Å². The van der Waals surface area contributed by atoms with Gasteiger partial charge in [0.25, 0.3) is 5.56 Å². The predicted molar refractivity (Wildman–Crippen MR) is 140 cm³/mol. The van der Waals surface area contributed by atoms with Gasteiger partial charge in [0.05, 0.1) is 39.0 Å².